The van der Waals surface area contributed by atoms with Gasteiger partial charge < -0.3 is 31.3 Å². The topological polar surface area (TPSA) is 107 Å². The fraction of sp³-hybridized carbons (Fsp3) is 0.864. The van der Waals surface area contributed by atoms with Gasteiger partial charge in [0, 0.05) is 58.6 Å². The molecule has 12 heteroatoms. The SMILES string of the molecule is CCCN(CCS)[C@@H](NC)N(C)/C(=N\C/C(=C/NCC(N)N)[C@@H](C)C(F)F)N(CC)CCOC. The van der Waals surface area contributed by atoms with Crippen molar-refractivity contribution in [3.63, 3.8) is 0 Å². The van der Waals surface area contributed by atoms with Crippen LogP contribution in [0.25, 0.3) is 0 Å². The molecule has 0 spiro atoms. The number of ether oxygens (including phenoxy) is 1. The minimum atomic E-state index is -2.51. The quantitative estimate of drug-likeness (QED) is 0.0805. The van der Waals surface area contributed by atoms with E-state index >= 15 is 0 Å². The largest absolute Gasteiger partial charge is 0.388 e. The van der Waals surface area contributed by atoms with Crippen LogP contribution in [0.4, 0.5) is 8.78 Å². The minimum absolute atomic E-state index is 0.109. The highest BCUT2D eigenvalue weighted by molar-refractivity contribution is 7.80. The van der Waals surface area contributed by atoms with Crippen LogP contribution in [0.5, 0.6) is 0 Å². The molecule has 0 unspecified atom stereocenters. The Kier molecular flexibility index (Phi) is 18.4. The number of nitrogens with zero attached hydrogens (tertiary/aromatic N) is 4. The molecule has 0 aromatic heterocycles. The molecule has 0 radical (unpaired) electrons. The van der Waals surface area contributed by atoms with Crippen molar-refractivity contribution in [3.8, 4) is 0 Å². The normalized spacial score (nSPS) is 14.8. The van der Waals surface area contributed by atoms with E-state index < -0.39 is 18.5 Å². The lowest BCUT2D eigenvalue weighted by molar-refractivity contribution is 0.0779. The number of likely N-dealkylation sites (N-methyl/N-ethyl adjacent to an activating group) is 1. The summed E-state index contributed by atoms with van der Waals surface area (Å²) in [5.41, 5.74) is 11.6. The summed E-state index contributed by atoms with van der Waals surface area (Å²) in [4.78, 5) is 11.3. The summed E-state index contributed by atoms with van der Waals surface area (Å²) in [5.74, 6) is 0.446. The van der Waals surface area contributed by atoms with Crippen LogP contribution in [0.3, 0.4) is 0 Å². The Balaban J connectivity index is 6.16. The molecule has 0 aliphatic rings. The summed E-state index contributed by atoms with van der Waals surface area (Å²) in [7, 11) is 5.51. The Bertz CT molecular complexity index is 577. The van der Waals surface area contributed by atoms with Gasteiger partial charge in [-0.3, -0.25) is 10.2 Å². The third kappa shape index (κ3) is 12.0. The summed E-state index contributed by atoms with van der Waals surface area (Å²) < 4.78 is 32.4. The predicted molar refractivity (Wildman–Crippen MR) is 141 cm³/mol. The first kappa shape index (κ1) is 32.8. The fourth-order valence-corrected chi connectivity index (χ4v) is 3.77. The van der Waals surface area contributed by atoms with Crippen LogP contribution >= 0.6 is 12.6 Å². The number of nitrogens with one attached hydrogen (secondary N) is 2. The van der Waals surface area contributed by atoms with Gasteiger partial charge in [0.2, 0.25) is 6.43 Å². The Morgan fingerprint density at radius 1 is 1.21 bits per heavy atom. The molecule has 0 aliphatic carbocycles. The number of hydrogen-bond donors (Lipinski definition) is 5. The molecule has 9 nitrogen and oxygen atoms in total. The van der Waals surface area contributed by atoms with Crippen molar-refractivity contribution in [3.05, 3.63) is 11.8 Å². The smallest absolute Gasteiger partial charge is 0.244 e. The van der Waals surface area contributed by atoms with Crippen LogP contribution in [-0.4, -0.2) is 112 Å². The Labute approximate surface area is 210 Å². The van der Waals surface area contributed by atoms with Crippen molar-refractivity contribution < 1.29 is 13.5 Å². The van der Waals surface area contributed by atoms with Gasteiger partial charge in [-0.1, -0.05) is 13.8 Å². The van der Waals surface area contributed by atoms with Gasteiger partial charge in [0.1, 0.15) is 6.29 Å². The van der Waals surface area contributed by atoms with Gasteiger partial charge in [0.05, 0.1) is 19.3 Å². The number of thiol groups is 1. The monoisotopic (exact) mass is 510 g/mol. The molecule has 0 bridgehead atoms. The van der Waals surface area contributed by atoms with E-state index in [1.807, 2.05) is 25.9 Å². The molecule has 0 aliphatic heterocycles. The van der Waals surface area contributed by atoms with Crippen LogP contribution in [0.1, 0.15) is 27.2 Å². The van der Waals surface area contributed by atoms with Gasteiger partial charge in [-0.2, -0.15) is 12.6 Å². The molecule has 2 atom stereocenters. The van der Waals surface area contributed by atoms with Crippen molar-refractivity contribution in [2.24, 2.45) is 22.4 Å². The van der Waals surface area contributed by atoms with E-state index in [1.54, 1.807) is 13.3 Å². The van der Waals surface area contributed by atoms with Gasteiger partial charge in [-0.05, 0) is 32.2 Å². The molecule has 202 valence electrons. The average Bonchev–Trinajstić information content (AvgIpc) is 2.79. The Hall–Kier alpha value is -1.18. The molecule has 0 aromatic rings. The summed E-state index contributed by atoms with van der Waals surface area (Å²) >= 11 is 4.42. The van der Waals surface area contributed by atoms with Crippen LogP contribution in [0.15, 0.2) is 16.8 Å². The Morgan fingerprint density at radius 2 is 1.88 bits per heavy atom. The Morgan fingerprint density at radius 3 is 2.35 bits per heavy atom. The third-order valence-corrected chi connectivity index (χ3v) is 5.62. The predicted octanol–water partition coefficient (Wildman–Crippen LogP) is 1.01. The maximum atomic E-state index is 13.6. The molecule has 0 heterocycles. The fourth-order valence-electron chi connectivity index (χ4n) is 3.51. The van der Waals surface area contributed by atoms with Crippen LogP contribution in [0.2, 0.25) is 0 Å². The van der Waals surface area contributed by atoms with Crippen molar-refractivity contribution in [1.82, 2.24) is 25.3 Å². The molecule has 6 N–H and O–H groups in total. The van der Waals surface area contributed by atoms with Gasteiger partial charge in [-0.25, -0.2) is 13.8 Å². The molecular weight excluding hydrogens is 462 g/mol. The van der Waals surface area contributed by atoms with E-state index in [2.05, 4.69) is 40.0 Å². The zero-order valence-electron chi connectivity index (χ0n) is 21.8. The molecule has 34 heavy (non-hydrogen) atoms. The van der Waals surface area contributed by atoms with Crippen LogP contribution in [-0.2, 0) is 4.74 Å². The zero-order valence-corrected chi connectivity index (χ0v) is 22.7. The third-order valence-electron chi connectivity index (χ3n) is 5.42. The number of methoxy groups -OCH3 is 1. The van der Waals surface area contributed by atoms with E-state index in [0.717, 1.165) is 19.5 Å². The molecule has 0 rings (SSSR count). The molecule has 0 saturated heterocycles. The lowest BCUT2D eigenvalue weighted by atomic mass is 10.0. The van der Waals surface area contributed by atoms with E-state index in [1.165, 1.54) is 6.92 Å². The highest BCUT2D eigenvalue weighted by atomic mass is 32.1. The first-order valence-electron chi connectivity index (χ1n) is 11.9. The lowest BCUT2D eigenvalue weighted by Crippen LogP contribution is -2.60. The van der Waals surface area contributed by atoms with Crippen molar-refractivity contribution >= 4 is 18.6 Å². The van der Waals surface area contributed by atoms with Gasteiger partial charge in [-0.15, -0.1) is 0 Å². The first-order valence-corrected chi connectivity index (χ1v) is 12.6. The van der Waals surface area contributed by atoms with Gasteiger partial charge in [0.25, 0.3) is 0 Å². The van der Waals surface area contributed by atoms with E-state index in [4.69, 9.17) is 21.2 Å². The number of nitrogens with two attached hydrogens (primary N) is 2. The van der Waals surface area contributed by atoms with Crippen molar-refractivity contribution in [2.75, 3.05) is 72.8 Å². The maximum absolute atomic E-state index is 13.6. The molecule has 0 fully saturated rings. The van der Waals surface area contributed by atoms with E-state index in [9.17, 15) is 8.78 Å². The number of rotatable bonds is 18. The zero-order chi connectivity index (χ0) is 26.1. The molecule has 0 amide bonds. The summed E-state index contributed by atoms with van der Waals surface area (Å²) in [5, 5.41) is 6.31. The van der Waals surface area contributed by atoms with E-state index in [-0.39, 0.29) is 19.4 Å². The van der Waals surface area contributed by atoms with Crippen molar-refractivity contribution in [2.45, 2.75) is 46.1 Å². The summed E-state index contributed by atoms with van der Waals surface area (Å²) in [6, 6.07) is 0. The standard InChI is InChI=1S/C22H48F2N8OS/c1-7-9-32(11-13-34)21(27-4)30(5)22(31(8-2)10-12-33-6)29-15-18(17(3)20(23)24)14-28-16-19(25)26/h14,17,19-21,27-28,34H,7-13,15-16,25-26H2,1-6H3/b18-14-,29-22+/t17-,21+/m1/s1. The number of hydrogen-bond acceptors (Lipinski definition) is 8. The number of guanidine groups is 1. The summed E-state index contributed by atoms with van der Waals surface area (Å²) in [6.07, 6.45) is -0.679. The molecular formula is C22H48F2N8OS. The second-order valence-electron chi connectivity index (χ2n) is 8.14. The average molecular weight is 511 g/mol. The highest BCUT2D eigenvalue weighted by Crippen LogP contribution is 2.19. The maximum Gasteiger partial charge on any atom is 0.244 e. The molecule has 0 aromatic carbocycles. The molecule has 0 saturated carbocycles. The second-order valence-corrected chi connectivity index (χ2v) is 8.58. The number of alkyl halides is 2. The lowest BCUT2D eigenvalue weighted by Gasteiger charge is -2.41. The first-order chi connectivity index (χ1) is 16.2. The second kappa shape index (κ2) is 19.1. The highest BCUT2D eigenvalue weighted by Gasteiger charge is 2.26. The number of halogens is 2. The van der Waals surface area contributed by atoms with E-state index in [0.29, 0.717) is 37.0 Å². The van der Waals surface area contributed by atoms with Gasteiger partial charge in [0.15, 0.2) is 5.96 Å². The van der Waals surface area contributed by atoms with Crippen molar-refractivity contribution in [1.29, 1.82) is 0 Å². The number of aliphatic imine (C=N–C) groups is 1. The summed E-state index contributed by atoms with van der Waals surface area (Å²) in [6.45, 7) is 9.55. The van der Waals surface area contributed by atoms with Crippen LogP contribution in [0, 0.1) is 5.92 Å². The van der Waals surface area contributed by atoms with Gasteiger partial charge >= 0.3 is 0 Å². The minimum Gasteiger partial charge on any atom is -0.388 e. The van der Waals surface area contributed by atoms with Crippen LogP contribution < -0.4 is 22.1 Å².